The Labute approximate surface area is 237 Å². The number of hydrogen-bond donors (Lipinski definition) is 1. The van der Waals surface area contributed by atoms with Crippen molar-refractivity contribution in [3.8, 4) is 0 Å². The predicted molar refractivity (Wildman–Crippen MR) is 159 cm³/mol. The van der Waals surface area contributed by atoms with Crippen molar-refractivity contribution in [2.24, 2.45) is 0 Å². The fourth-order valence-electron chi connectivity index (χ4n) is 5.54. The van der Waals surface area contributed by atoms with Gasteiger partial charge in [0.25, 0.3) is 14.0 Å². The number of nitro groups is 1. The minimum Gasteiger partial charge on any atom is -0.405 e. The quantitative estimate of drug-likeness (QED) is 0.147. The molecule has 40 heavy (non-hydrogen) atoms. The van der Waals surface area contributed by atoms with E-state index in [1.165, 1.54) is 22.5 Å². The van der Waals surface area contributed by atoms with Crippen LogP contribution in [0.2, 0.25) is 5.04 Å². The number of nitrogens with zero attached hydrogens (tertiary/aromatic N) is 1. The number of nitro benzene ring substituents is 1. The summed E-state index contributed by atoms with van der Waals surface area (Å²) in [6.07, 6.45) is 0.761. The zero-order valence-electron chi connectivity index (χ0n) is 23.4. The lowest BCUT2D eigenvalue weighted by atomic mass is 10.0. The van der Waals surface area contributed by atoms with E-state index < -0.39 is 25.4 Å². The molecule has 7 nitrogen and oxygen atoms in total. The SMILES string of the molecule is C=C[C@H](O[C@H]1CCCO[C@@H]1CO[Si](c1ccccc1)(c1ccccc1)C(C)(C)C)[C@@H](O)c1ccc([N+](=O)[O-])cc1. The van der Waals surface area contributed by atoms with Crippen molar-refractivity contribution in [1.82, 2.24) is 0 Å². The summed E-state index contributed by atoms with van der Waals surface area (Å²) in [5, 5.41) is 24.3. The first kappa shape index (κ1) is 29.8. The van der Waals surface area contributed by atoms with E-state index in [1.54, 1.807) is 18.2 Å². The Hall–Kier alpha value is -3.14. The molecule has 0 bridgehead atoms. The van der Waals surface area contributed by atoms with Gasteiger partial charge in [-0.05, 0) is 45.9 Å². The molecule has 4 atom stereocenters. The third-order valence-corrected chi connectivity index (χ3v) is 12.6. The second kappa shape index (κ2) is 13.0. The lowest BCUT2D eigenvalue weighted by molar-refractivity contribution is -0.384. The average molecular weight is 562 g/mol. The molecule has 4 rings (SSSR count). The van der Waals surface area contributed by atoms with Crippen molar-refractivity contribution in [3.63, 3.8) is 0 Å². The van der Waals surface area contributed by atoms with Crippen LogP contribution >= 0.6 is 0 Å². The Morgan fingerprint density at radius 3 is 2.12 bits per heavy atom. The monoisotopic (exact) mass is 561 g/mol. The molecular formula is C32H39NO6Si. The Morgan fingerprint density at radius 2 is 1.62 bits per heavy atom. The van der Waals surface area contributed by atoms with Gasteiger partial charge in [0.1, 0.15) is 18.3 Å². The van der Waals surface area contributed by atoms with Gasteiger partial charge in [0, 0.05) is 18.7 Å². The zero-order chi connectivity index (χ0) is 28.8. The molecule has 1 N–H and O–H groups in total. The summed E-state index contributed by atoms with van der Waals surface area (Å²) < 4.78 is 19.8. The van der Waals surface area contributed by atoms with E-state index in [4.69, 9.17) is 13.9 Å². The standard InChI is InChI=1S/C32H39NO6Si/c1-5-28(31(34)24-18-20-25(21-19-24)33(35)36)39-29-17-12-22-37-30(29)23-38-40(32(2,3)4,26-13-8-6-9-14-26)27-15-10-7-11-16-27/h5-11,13-16,18-21,28-31,34H,1,12,17,22-23H2,2-4H3/t28-,29-,30+,31-/m0/s1. The van der Waals surface area contributed by atoms with Gasteiger partial charge in [-0.25, -0.2) is 0 Å². The highest BCUT2D eigenvalue weighted by Crippen LogP contribution is 2.37. The lowest BCUT2D eigenvalue weighted by Gasteiger charge is -2.44. The third kappa shape index (κ3) is 6.43. The number of non-ortho nitro benzene ring substituents is 1. The molecular weight excluding hydrogens is 522 g/mol. The normalized spacial score (nSPS) is 19.5. The summed E-state index contributed by atoms with van der Waals surface area (Å²) in [5.74, 6) is 0. The molecule has 0 radical (unpaired) electrons. The van der Waals surface area contributed by atoms with E-state index in [0.717, 1.165) is 12.8 Å². The lowest BCUT2D eigenvalue weighted by Crippen LogP contribution is -2.67. The van der Waals surface area contributed by atoms with Gasteiger partial charge in [-0.3, -0.25) is 10.1 Å². The van der Waals surface area contributed by atoms with Crippen LogP contribution in [0, 0.1) is 10.1 Å². The molecule has 0 saturated carbocycles. The maximum atomic E-state index is 11.1. The number of aliphatic hydroxyl groups excluding tert-OH is 1. The zero-order valence-corrected chi connectivity index (χ0v) is 24.4. The molecule has 1 fully saturated rings. The van der Waals surface area contributed by atoms with Gasteiger partial charge in [0.2, 0.25) is 0 Å². The van der Waals surface area contributed by atoms with Crippen LogP contribution in [-0.2, 0) is 13.9 Å². The van der Waals surface area contributed by atoms with Crippen LogP contribution in [0.1, 0.15) is 45.3 Å². The van der Waals surface area contributed by atoms with Crippen LogP contribution in [0.5, 0.6) is 0 Å². The predicted octanol–water partition coefficient (Wildman–Crippen LogP) is 5.32. The van der Waals surface area contributed by atoms with E-state index in [2.05, 4.69) is 75.9 Å². The fourth-order valence-corrected chi connectivity index (χ4v) is 10.1. The van der Waals surface area contributed by atoms with Crippen LogP contribution in [0.25, 0.3) is 0 Å². The number of rotatable bonds is 11. The van der Waals surface area contributed by atoms with Crippen LogP contribution in [0.4, 0.5) is 5.69 Å². The average Bonchev–Trinajstić information content (AvgIpc) is 2.97. The maximum Gasteiger partial charge on any atom is 0.269 e. The summed E-state index contributed by atoms with van der Waals surface area (Å²) in [6, 6.07) is 26.8. The number of hydrogen-bond acceptors (Lipinski definition) is 6. The molecule has 0 aromatic heterocycles. The van der Waals surface area contributed by atoms with Crippen LogP contribution < -0.4 is 10.4 Å². The second-order valence-corrected chi connectivity index (χ2v) is 15.5. The highest BCUT2D eigenvalue weighted by Gasteiger charge is 2.51. The molecule has 0 unspecified atom stereocenters. The first-order valence-corrected chi connectivity index (χ1v) is 15.6. The van der Waals surface area contributed by atoms with Gasteiger partial charge >= 0.3 is 0 Å². The molecule has 3 aromatic rings. The molecule has 3 aromatic carbocycles. The van der Waals surface area contributed by atoms with E-state index in [-0.39, 0.29) is 22.9 Å². The van der Waals surface area contributed by atoms with Gasteiger partial charge in [0.05, 0.1) is 17.6 Å². The fraction of sp³-hybridized carbons (Fsp3) is 0.375. The molecule has 1 aliphatic heterocycles. The Morgan fingerprint density at radius 1 is 1.05 bits per heavy atom. The summed E-state index contributed by atoms with van der Waals surface area (Å²) in [5.41, 5.74) is 0.487. The summed E-state index contributed by atoms with van der Waals surface area (Å²) in [4.78, 5) is 10.6. The van der Waals surface area contributed by atoms with Gasteiger partial charge in [-0.2, -0.15) is 0 Å². The molecule has 212 valence electrons. The second-order valence-electron chi connectivity index (χ2n) is 11.2. The van der Waals surface area contributed by atoms with E-state index in [1.807, 2.05) is 12.1 Å². The summed E-state index contributed by atoms with van der Waals surface area (Å²) >= 11 is 0. The van der Waals surface area contributed by atoms with Gasteiger partial charge in [-0.1, -0.05) is 87.5 Å². The number of aliphatic hydroxyl groups is 1. The molecule has 0 spiro atoms. The summed E-state index contributed by atoms with van der Waals surface area (Å²) in [6.45, 7) is 11.6. The van der Waals surface area contributed by atoms with Gasteiger partial charge in [-0.15, -0.1) is 6.58 Å². The largest absolute Gasteiger partial charge is 0.405 e. The van der Waals surface area contributed by atoms with Crippen molar-refractivity contribution in [3.05, 3.63) is 113 Å². The first-order chi connectivity index (χ1) is 19.2. The minimum atomic E-state index is -2.76. The van der Waals surface area contributed by atoms with E-state index in [9.17, 15) is 15.2 Å². The molecule has 1 heterocycles. The van der Waals surface area contributed by atoms with Crippen molar-refractivity contribution < 1.29 is 23.9 Å². The smallest absolute Gasteiger partial charge is 0.269 e. The van der Waals surface area contributed by atoms with Crippen molar-refractivity contribution >= 4 is 24.4 Å². The van der Waals surface area contributed by atoms with Crippen molar-refractivity contribution in [1.29, 1.82) is 0 Å². The number of ether oxygens (including phenoxy) is 2. The van der Waals surface area contributed by atoms with E-state index >= 15 is 0 Å². The van der Waals surface area contributed by atoms with Crippen molar-refractivity contribution in [2.45, 2.75) is 63.1 Å². The Bertz CT molecular complexity index is 1210. The Kier molecular flexibility index (Phi) is 9.71. The van der Waals surface area contributed by atoms with E-state index in [0.29, 0.717) is 18.8 Å². The number of benzene rings is 3. The molecule has 8 heteroatoms. The molecule has 0 aliphatic carbocycles. The van der Waals surface area contributed by atoms with Crippen LogP contribution in [-0.4, -0.2) is 49.9 Å². The van der Waals surface area contributed by atoms with Crippen molar-refractivity contribution in [2.75, 3.05) is 13.2 Å². The minimum absolute atomic E-state index is 0.0340. The Balaban J connectivity index is 1.58. The van der Waals surface area contributed by atoms with Crippen LogP contribution in [0.15, 0.2) is 97.6 Å². The highest BCUT2D eigenvalue weighted by molar-refractivity contribution is 6.99. The molecule has 1 saturated heterocycles. The van der Waals surface area contributed by atoms with Crippen LogP contribution in [0.3, 0.4) is 0 Å². The summed E-state index contributed by atoms with van der Waals surface area (Å²) in [7, 11) is -2.76. The first-order valence-electron chi connectivity index (χ1n) is 13.7. The molecule has 0 amide bonds. The molecule has 1 aliphatic rings. The van der Waals surface area contributed by atoms with Gasteiger partial charge < -0.3 is 19.0 Å². The maximum absolute atomic E-state index is 11.1. The van der Waals surface area contributed by atoms with Gasteiger partial charge in [0.15, 0.2) is 0 Å². The highest BCUT2D eigenvalue weighted by atomic mass is 28.4. The third-order valence-electron chi connectivity index (χ3n) is 7.58. The topological polar surface area (TPSA) is 91.1 Å².